The zero-order chi connectivity index (χ0) is 14.3. The summed E-state index contributed by atoms with van der Waals surface area (Å²) in [4.78, 5) is 12.6. The van der Waals surface area contributed by atoms with E-state index < -0.39 is 0 Å². The van der Waals surface area contributed by atoms with E-state index in [0.717, 1.165) is 17.5 Å². The quantitative estimate of drug-likeness (QED) is 0.808. The summed E-state index contributed by atoms with van der Waals surface area (Å²) in [6.45, 7) is 0.533. The minimum absolute atomic E-state index is 0.0837. The van der Waals surface area contributed by atoms with Crippen molar-refractivity contribution in [3.63, 3.8) is 0 Å². The van der Waals surface area contributed by atoms with Crippen LogP contribution in [0.4, 0.5) is 10.1 Å². The van der Waals surface area contributed by atoms with E-state index in [-0.39, 0.29) is 23.7 Å². The molecule has 0 bridgehead atoms. The van der Waals surface area contributed by atoms with Crippen LogP contribution in [0.15, 0.2) is 18.2 Å². The summed E-state index contributed by atoms with van der Waals surface area (Å²) in [5, 5.41) is 12.6. The number of anilines is 1. The molecule has 0 aliphatic heterocycles. The predicted octanol–water partition coefficient (Wildman–Crippen LogP) is 2.12. The molecule has 2 aromatic rings. The molecule has 1 aliphatic rings. The smallest absolute Gasteiger partial charge is 0.263 e. The van der Waals surface area contributed by atoms with E-state index in [1.165, 1.54) is 23.5 Å². The third-order valence-electron chi connectivity index (χ3n) is 3.81. The van der Waals surface area contributed by atoms with Crippen molar-refractivity contribution < 1.29 is 14.3 Å². The highest BCUT2D eigenvalue weighted by molar-refractivity contribution is 7.21. The number of halogens is 1. The van der Waals surface area contributed by atoms with Crippen LogP contribution in [-0.2, 0) is 0 Å². The molecule has 106 valence electrons. The van der Waals surface area contributed by atoms with Gasteiger partial charge in [0, 0.05) is 22.0 Å². The van der Waals surface area contributed by atoms with Gasteiger partial charge in [0.2, 0.25) is 0 Å². The summed E-state index contributed by atoms with van der Waals surface area (Å²) >= 11 is 1.25. The summed E-state index contributed by atoms with van der Waals surface area (Å²) in [6, 6.07) is 4.32. The lowest BCUT2D eigenvalue weighted by atomic mass is 10.1. The molecule has 0 saturated heterocycles. The van der Waals surface area contributed by atoms with E-state index in [0.29, 0.717) is 22.5 Å². The Hall–Kier alpha value is -1.66. The Morgan fingerprint density at radius 1 is 1.50 bits per heavy atom. The fourth-order valence-corrected chi connectivity index (χ4v) is 3.19. The molecule has 6 heteroatoms. The first-order valence-corrected chi connectivity index (χ1v) is 7.23. The number of nitrogen functional groups attached to an aromatic ring is 1. The first kappa shape index (κ1) is 13.3. The second-order valence-electron chi connectivity index (χ2n) is 5.33. The summed E-state index contributed by atoms with van der Waals surface area (Å²) < 4.78 is 14.0. The number of thiophene rings is 1. The van der Waals surface area contributed by atoms with Crippen molar-refractivity contribution in [2.45, 2.75) is 12.8 Å². The standard InChI is InChI=1S/C14H15FN2O2S/c15-8-1-2-10-9(5-8)11(16)12(20-10)13(19)17-6-14(7-18)3-4-14/h1-2,5,18H,3-4,6-7,16H2,(H,17,19). The fourth-order valence-electron chi connectivity index (χ4n) is 2.17. The Kier molecular flexibility index (Phi) is 3.14. The molecule has 0 spiro atoms. The van der Waals surface area contributed by atoms with Crippen molar-refractivity contribution in [1.82, 2.24) is 5.32 Å². The van der Waals surface area contributed by atoms with E-state index >= 15 is 0 Å². The van der Waals surface area contributed by atoms with Gasteiger partial charge in [-0.05, 0) is 31.0 Å². The van der Waals surface area contributed by atoms with Crippen molar-refractivity contribution in [2.24, 2.45) is 5.41 Å². The van der Waals surface area contributed by atoms with Gasteiger partial charge in [-0.2, -0.15) is 0 Å². The zero-order valence-electron chi connectivity index (χ0n) is 10.8. The highest BCUT2D eigenvalue weighted by Gasteiger charge is 2.42. The SMILES string of the molecule is Nc1c(C(=O)NCC2(CO)CC2)sc2ccc(F)cc12. The molecule has 1 aromatic heterocycles. The fraction of sp³-hybridized carbons (Fsp3) is 0.357. The topological polar surface area (TPSA) is 75.4 Å². The van der Waals surface area contributed by atoms with E-state index in [1.54, 1.807) is 6.07 Å². The van der Waals surface area contributed by atoms with Crippen LogP contribution in [0.3, 0.4) is 0 Å². The number of rotatable bonds is 4. The number of hydrogen-bond acceptors (Lipinski definition) is 4. The number of carbonyl (C=O) groups is 1. The Morgan fingerprint density at radius 3 is 2.90 bits per heavy atom. The van der Waals surface area contributed by atoms with Crippen LogP contribution in [-0.4, -0.2) is 24.2 Å². The van der Waals surface area contributed by atoms with Crippen molar-refractivity contribution in [1.29, 1.82) is 0 Å². The highest BCUT2D eigenvalue weighted by atomic mass is 32.1. The second-order valence-corrected chi connectivity index (χ2v) is 6.38. The summed E-state index contributed by atoms with van der Waals surface area (Å²) in [5.41, 5.74) is 6.10. The number of aliphatic hydroxyl groups excluding tert-OH is 1. The number of aliphatic hydroxyl groups is 1. The molecule has 1 aromatic carbocycles. The number of hydrogen-bond donors (Lipinski definition) is 3. The van der Waals surface area contributed by atoms with Crippen LogP contribution < -0.4 is 11.1 Å². The van der Waals surface area contributed by atoms with Crippen LogP contribution in [0, 0.1) is 11.2 Å². The van der Waals surface area contributed by atoms with Crippen molar-refractivity contribution in [3.8, 4) is 0 Å². The van der Waals surface area contributed by atoms with Gasteiger partial charge in [-0.15, -0.1) is 11.3 Å². The van der Waals surface area contributed by atoms with E-state index in [9.17, 15) is 14.3 Å². The Morgan fingerprint density at radius 2 is 2.25 bits per heavy atom. The maximum Gasteiger partial charge on any atom is 0.263 e. The minimum atomic E-state index is -0.369. The molecule has 0 atom stereocenters. The van der Waals surface area contributed by atoms with Gasteiger partial charge in [-0.25, -0.2) is 4.39 Å². The molecule has 4 N–H and O–H groups in total. The van der Waals surface area contributed by atoms with Gasteiger partial charge in [0.05, 0.1) is 12.3 Å². The molecule has 20 heavy (non-hydrogen) atoms. The Labute approximate surface area is 119 Å². The third-order valence-corrected chi connectivity index (χ3v) is 5.00. The Balaban J connectivity index is 1.82. The number of fused-ring (bicyclic) bond motifs is 1. The molecule has 1 heterocycles. The number of benzene rings is 1. The van der Waals surface area contributed by atoms with Gasteiger partial charge >= 0.3 is 0 Å². The largest absolute Gasteiger partial charge is 0.397 e. The summed E-state index contributed by atoms with van der Waals surface area (Å²) in [6.07, 6.45) is 1.85. The molecule has 1 fully saturated rings. The van der Waals surface area contributed by atoms with E-state index in [1.807, 2.05) is 0 Å². The lowest BCUT2D eigenvalue weighted by Gasteiger charge is -2.12. The monoisotopic (exact) mass is 294 g/mol. The molecule has 1 amide bonds. The van der Waals surface area contributed by atoms with E-state index in [2.05, 4.69) is 5.32 Å². The lowest BCUT2D eigenvalue weighted by Crippen LogP contribution is -2.31. The number of nitrogens with two attached hydrogens (primary N) is 1. The summed E-state index contributed by atoms with van der Waals surface area (Å²) in [7, 11) is 0. The molecule has 0 radical (unpaired) electrons. The first-order chi connectivity index (χ1) is 9.54. The average Bonchev–Trinajstić information content (AvgIpc) is 3.16. The third kappa shape index (κ3) is 2.25. The predicted molar refractivity (Wildman–Crippen MR) is 77.3 cm³/mol. The maximum atomic E-state index is 13.2. The van der Waals surface area contributed by atoms with Gasteiger partial charge in [-0.3, -0.25) is 4.79 Å². The molecule has 4 nitrogen and oxygen atoms in total. The molecule has 3 rings (SSSR count). The average molecular weight is 294 g/mol. The van der Waals surface area contributed by atoms with Crippen molar-refractivity contribution >= 4 is 33.0 Å². The van der Waals surface area contributed by atoms with Gasteiger partial charge in [0.1, 0.15) is 10.7 Å². The van der Waals surface area contributed by atoms with Crippen LogP contribution in [0.5, 0.6) is 0 Å². The molecular weight excluding hydrogens is 279 g/mol. The van der Waals surface area contributed by atoms with Crippen LogP contribution >= 0.6 is 11.3 Å². The molecule has 0 unspecified atom stereocenters. The van der Waals surface area contributed by atoms with Gasteiger partial charge in [-0.1, -0.05) is 0 Å². The molecule has 1 aliphatic carbocycles. The van der Waals surface area contributed by atoms with E-state index in [4.69, 9.17) is 5.73 Å². The van der Waals surface area contributed by atoms with Gasteiger partial charge in [0.15, 0.2) is 0 Å². The zero-order valence-corrected chi connectivity index (χ0v) is 11.6. The van der Waals surface area contributed by atoms with Crippen molar-refractivity contribution in [2.75, 3.05) is 18.9 Å². The number of nitrogens with one attached hydrogen (secondary N) is 1. The van der Waals surface area contributed by atoms with Crippen LogP contribution in [0.25, 0.3) is 10.1 Å². The second kappa shape index (κ2) is 4.71. The number of amides is 1. The lowest BCUT2D eigenvalue weighted by molar-refractivity contribution is 0.0940. The number of carbonyl (C=O) groups excluding carboxylic acids is 1. The van der Waals surface area contributed by atoms with Crippen LogP contribution in [0.1, 0.15) is 22.5 Å². The summed E-state index contributed by atoms with van der Waals surface area (Å²) in [5.74, 6) is -0.630. The van der Waals surface area contributed by atoms with Crippen molar-refractivity contribution in [3.05, 3.63) is 28.9 Å². The maximum absolute atomic E-state index is 13.2. The first-order valence-electron chi connectivity index (χ1n) is 6.41. The highest BCUT2D eigenvalue weighted by Crippen LogP contribution is 2.44. The normalized spacial score (nSPS) is 16.3. The van der Waals surface area contributed by atoms with Gasteiger partial charge in [0.25, 0.3) is 5.91 Å². The molecule has 1 saturated carbocycles. The molecular formula is C14H15FN2O2S. The van der Waals surface area contributed by atoms with Crippen LogP contribution in [0.2, 0.25) is 0 Å². The Bertz CT molecular complexity index is 679. The van der Waals surface area contributed by atoms with Gasteiger partial charge < -0.3 is 16.2 Å². The minimum Gasteiger partial charge on any atom is -0.397 e.